The Labute approximate surface area is 106 Å². The Balaban J connectivity index is 2.24. The highest BCUT2D eigenvalue weighted by molar-refractivity contribution is 5.82. The summed E-state index contributed by atoms with van der Waals surface area (Å²) >= 11 is 0. The molecule has 2 rings (SSSR count). The standard InChI is InChI=1S/C14H17NO3/c16-14-9-5-4-8-12(14)13(10-15(17)18)11-6-2-1-3-7-11/h1-3,6-7,12-13H,4-5,8-10H2. The van der Waals surface area contributed by atoms with Crippen molar-refractivity contribution in [3.8, 4) is 0 Å². The van der Waals surface area contributed by atoms with Crippen molar-refractivity contribution in [2.24, 2.45) is 5.92 Å². The average molecular weight is 247 g/mol. The second-order valence-corrected chi connectivity index (χ2v) is 4.85. The van der Waals surface area contributed by atoms with E-state index in [9.17, 15) is 14.9 Å². The maximum Gasteiger partial charge on any atom is 0.211 e. The SMILES string of the molecule is O=C1CCCCC1C(C[N+](=O)[O-])c1ccccc1. The van der Waals surface area contributed by atoms with E-state index in [0.717, 1.165) is 24.8 Å². The minimum atomic E-state index is -0.306. The first-order valence-corrected chi connectivity index (χ1v) is 6.38. The molecule has 1 aromatic carbocycles. The monoisotopic (exact) mass is 247 g/mol. The Kier molecular flexibility index (Phi) is 4.07. The second kappa shape index (κ2) is 5.76. The third-order valence-corrected chi connectivity index (χ3v) is 3.66. The first-order valence-electron chi connectivity index (χ1n) is 6.38. The molecule has 2 unspecified atom stereocenters. The van der Waals surface area contributed by atoms with Gasteiger partial charge in [0.2, 0.25) is 6.54 Å². The van der Waals surface area contributed by atoms with Crippen molar-refractivity contribution in [2.45, 2.75) is 31.6 Å². The molecule has 0 radical (unpaired) electrons. The van der Waals surface area contributed by atoms with Gasteiger partial charge in [0.05, 0.1) is 5.92 Å². The fraction of sp³-hybridized carbons (Fsp3) is 0.500. The number of carbonyl (C=O) groups is 1. The van der Waals surface area contributed by atoms with Crippen molar-refractivity contribution in [1.29, 1.82) is 0 Å². The zero-order valence-corrected chi connectivity index (χ0v) is 10.2. The van der Waals surface area contributed by atoms with E-state index in [0.29, 0.717) is 6.42 Å². The molecule has 1 aliphatic carbocycles. The fourth-order valence-electron chi connectivity index (χ4n) is 2.76. The molecular formula is C14H17NO3. The van der Waals surface area contributed by atoms with Crippen LogP contribution < -0.4 is 0 Å². The fourth-order valence-corrected chi connectivity index (χ4v) is 2.76. The van der Waals surface area contributed by atoms with E-state index in [-0.39, 0.29) is 29.1 Å². The molecule has 0 aromatic heterocycles. The van der Waals surface area contributed by atoms with E-state index in [4.69, 9.17) is 0 Å². The minimum Gasteiger partial charge on any atom is -0.299 e. The molecule has 4 heteroatoms. The number of ketones is 1. The van der Waals surface area contributed by atoms with E-state index < -0.39 is 0 Å². The van der Waals surface area contributed by atoms with Crippen LogP contribution in [0.1, 0.15) is 37.2 Å². The van der Waals surface area contributed by atoms with Crippen molar-refractivity contribution in [1.82, 2.24) is 0 Å². The zero-order chi connectivity index (χ0) is 13.0. The Morgan fingerprint density at radius 3 is 2.61 bits per heavy atom. The highest BCUT2D eigenvalue weighted by Gasteiger charge is 2.34. The number of nitro groups is 1. The minimum absolute atomic E-state index is 0.152. The van der Waals surface area contributed by atoms with E-state index >= 15 is 0 Å². The lowest BCUT2D eigenvalue weighted by Gasteiger charge is -2.26. The molecule has 1 aliphatic rings. The van der Waals surface area contributed by atoms with Gasteiger partial charge in [-0.1, -0.05) is 36.8 Å². The van der Waals surface area contributed by atoms with Crippen molar-refractivity contribution in [3.05, 3.63) is 46.0 Å². The smallest absolute Gasteiger partial charge is 0.211 e. The molecule has 4 nitrogen and oxygen atoms in total. The molecule has 1 fully saturated rings. The van der Waals surface area contributed by atoms with Crippen molar-refractivity contribution < 1.29 is 9.72 Å². The Morgan fingerprint density at radius 2 is 2.00 bits per heavy atom. The number of nitrogens with zero attached hydrogens (tertiary/aromatic N) is 1. The summed E-state index contributed by atoms with van der Waals surface area (Å²) in [6, 6.07) is 9.40. The van der Waals surface area contributed by atoms with Crippen LogP contribution in [-0.2, 0) is 4.79 Å². The Morgan fingerprint density at radius 1 is 1.28 bits per heavy atom. The number of carbonyl (C=O) groups excluding carboxylic acids is 1. The molecule has 0 spiro atoms. The number of benzene rings is 1. The van der Waals surface area contributed by atoms with Crippen LogP contribution in [0.2, 0.25) is 0 Å². The topological polar surface area (TPSA) is 60.2 Å². The summed E-state index contributed by atoms with van der Waals surface area (Å²) in [4.78, 5) is 22.5. The molecule has 2 atom stereocenters. The number of Topliss-reactive ketones (excluding diaryl/α,β-unsaturated/α-hetero) is 1. The molecule has 0 saturated heterocycles. The lowest BCUT2D eigenvalue weighted by atomic mass is 9.76. The summed E-state index contributed by atoms with van der Waals surface area (Å²) in [6.07, 6.45) is 3.28. The van der Waals surface area contributed by atoms with Gasteiger partial charge in [0.15, 0.2) is 0 Å². The van der Waals surface area contributed by atoms with E-state index in [1.807, 2.05) is 30.3 Å². The van der Waals surface area contributed by atoms with Gasteiger partial charge in [-0.05, 0) is 18.4 Å². The van der Waals surface area contributed by atoms with Crippen molar-refractivity contribution >= 4 is 5.78 Å². The summed E-state index contributed by atoms with van der Waals surface area (Å²) in [5, 5.41) is 10.8. The third-order valence-electron chi connectivity index (χ3n) is 3.66. The van der Waals surface area contributed by atoms with Crippen LogP contribution in [0.4, 0.5) is 0 Å². The lowest BCUT2D eigenvalue weighted by Crippen LogP contribution is -2.30. The van der Waals surface area contributed by atoms with Gasteiger partial charge in [0, 0.05) is 17.3 Å². The molecule has 0 bridgehead atoms. The van der Waals surface area contributed by atoms with Gasteiger partial charge < -0.3 is 0 Å². The van der Waals surface area contributed by atoms with E-state index in [2.05, 4.69) is 0 Å². The quantitative estimate of drug-likeness (QED) is 0.607. The molecule has 1 aromatic rings. The van der Waals surface area contributed by atoms with Crippen molar-refractivity contribution in [3.63, 3.8) is 0 Å². The molecule has 96 valence electrons. The number of rotatable bonds is 4. The Hall–Kier alpha value is -1.71. The van der Waals surface area contributed by atoms with Gasteiger partial charge in [-0.2, -0.15) is 0 Å². The molecule has 0 amide bonds. The second-order valence-electron chi connectivity index (χ2n) is 4.85. The van der Waals surface area contributed by atoms with Crippen LogP contribution in [0.3, 0.4) is 0 Å². The molecule has 18 heavy (non-hydrogen) atoms. The maximum atomic E-state index is 12.0. The third kappa shape index (κ3) is 2.94. The van der Waals surface area contributed by atoms with Crippen LogP contribution in [0.5, 0.6) is 0 Å². The van der Waals surface area contributed by atoms with E-state index in [1.165, 1.54) is 0 Å². The van der Waals surface area contributed by atoms with Crippen LogP contribution in [0.25, 0.3) is 0 Å². The van der Waals surface area contributed by atoms with Gasteiger partial charge in [-0.15, -0.1) is 0 Å². The van der Waals surface area contributed by atoms with Gasteiger partial charge in [-0.3, -0.25) is 14.9 Å². The van der Waals surface area contributed by atoms with Gasteiger partial charge in [0.1, 0.15) is 5.78 Å². The summed E-state index contributed by atoms with van der Waals surface area (Å²) in [5.74, 6) is -0.252. The average Bonchev–Trinajstić information content (AvgIpc) is 2.38. The number of hydrogen-bond donors (Lipinski definition) is 0. The van der Waals surface area contributed by atoms with Gasteiger partial charge in [0.25, 0.3) is 0 Å². The summed E-state index contributed by atoms with van der Waals surface area (Å²) in [7, 11) is 0. The highest BCUT2D eigenvalue weighted by Crippen LogP contribution is 2.34. The summed E-state index contributed by atoms with van der Waals surface area (Å²) in [5.41, 5.74) is 0.912. The van der Waals surface area contributed by atoms with E-state index in [1.54, 1.807) is 0 Å². The lowest BCUT2D eigenvalue weighted by molar-refractivity contribution is -0.484. The van der Waals surface area contributed by atoms with Crippen LogP contribution in [0.15, 0.2) is 30.3 Å². The van der Waals surface area contributed by atoms with Gasteiger partial charge >= 0.3 is 0 Å². The van der Waals surface area contributed by atoms with Crippen molar-refractivity contribution in [2.75, 3.05) is 6.54 Å². The maximum absolute atomic E-state index is 12.0. The van der Waals surface area contributed by atoms with Gasteiger partial charge in [-0.25, -0.2) is 0 Å². The number of hydrogen-bond acceptors (Lipinski definition) is 3. The molecule has 0 N–H and O–H groups in total. The summed E-state index contributed by atoms with van der Waals surface area (Å²) < 4.78 is 0. The highest BCUT2D eigenvalue weighted by atomic mass is 16.6. The normalized spacial score (nSPS) is 21.6. The predicted octanol–water partition coefficient (Wildman–Crippen LogP) is 2.81. The molecule has 1 saturated carbocycles. The first-order chi connectivity index (χ1) is 8.68. The summed E-state index contributed by atoms with van der Waals surface area (Å²) in [6.45, 7) is -0.152. The van der Waals surface area contributed by atoms with Crippen LogP contribution in [-0.4, -0.2) is 17.3 Å². The molecule has 0 heterocycles. The first kappa shape index (κ1) is 12.7. The zero-order valence-electron chi connectivity index (χ0n) is 10.2. The Bertz CT molecular complexity index is 430. The molecule has 0 aliphatic heterocycles. The van der Waals surface area contributed by atoms with Crippen LogP contribution in [0, 0.1) is 16.0 Å². The molecular weight excluding hydrogens is 230 g/mol. The van der Waals surface area contributed by atoms with Crippen LogP contribution >= 0.6 is 0 Å². The predicted molar refractivity (Wildman–Crippen MR) is 68.0 cm³/mol. The largest absolute Gasteiger partial charge is 0.299 e.